The first-order valence-corrected chi connectivity index (χ1v) is 10.8. The Labute approximate surface area is 158 Å². The van der Waals surface area contributed by atoms with Crippen LogP contribution in [0.15, 0.2) is 39.5 Å². The highest BCUT2D eigenvalue weighted by molar-refractivity contribution is 7.90. The largest absolute Gasteiger partial charge is 0.492 e. The zero-order chi connectivity index (χ0) is 19.2. The predicted molar refractivity (Wildman–Crippen MR) is 105 cm³/mol. The lowest BCUT2D eigenvalue weighted by Gasteiger charge is -2.21. The minimum atomic E-state index is -3.19. The first-order valence-electron chi connectivity index (χ1n) is 8.05. The summed E-state index contributed by atoms with van der Waals surface area (Å²) in [4.78, 5) is 11.0. The second-order valence-corrected chi connectivity index (χ2v) is 8.86. The number of guanidine groups is 1. The molecule has 26 heavy (non-hydrogen) atoms. The summed E-state index contributed by atoms with van der Waals surface area (Å²) in [6.45, 7) is 3.67. The van der Waals surface area contributed by atoms with E-state index in [0.29, 0.717) is 25.4 Å². The Morgan fingerprint density at radius 2 is 2.04 bits per heavy atom. The zero-order valence-electron chi connectivity index (χ0n) is 15.4. The number of aliphatic imine (C=N–C) groups is 1. The molecule has 0 aliphatic rings. The Balaban J connectivity index is 1.78. The van der Waals surface area contributed by atoms with Crippen LogP contribution in [0.25, 0.3) is 0 Å². The summed E-state index contributed by atoms with van der Waals surface area (Å²) < 4.78 is 28.5. The number of hydrogen-bond acceptors (Lipinski definition) is 6. The molecule has 0 amide bonds. The minimum absolute atomic E-state index is 0.280. The topological polar surface area (TPSA) is 83.9 Å². The standard InChI is InChI=1S/C17H24N4O3S2/c1-13-20-14(12-25-13)11-21(3)17(18-2)19-9-10-24-15-5-7-16(8-6-15)26(4,22)23/h5-8,12H,9-11H2,1-4H3,(H,18,19). The molecule has 0 fully saturated rings. The lowest BCUT2D eigenvalue weighted by Crippen LogP contribution is -2.40. The Kier molecular flexibility index (Phi) is 6.98. The van der Waals surface area contributed by atoms with Crippen molar-refractivity contribution in [3.63, 3.8) is 0 Å². The van der Waals surface area contributed by atoms with Crippen molar-refractivity contribution < 1.29 is 13.2 Å². The zero-order valence-corrected chi connectivity index (χ0v) is 17.0. The molecule has 9 heteroatoms. The summed E-state index contributed by atoms with van der Waals surface area (Å²) in [6.07, 6.45) is 1.18. The van der Waals surface area contributed by atoms with E-state index in [-0.39, 0.29) is 4.90 Å². The van der Waals surface area contributed by atoms with E-state index in [2.05, 4.69) is 15.3 Å². The maximum Gasteiger partial charge on any atom is 0.193 e. The van der Waals surface area contributed by atoms with E-state index in [1.807, 2.05) is 24.3 Å². The maximum absolute atomic E-state index is 11.4. The average Bonchev–Trinajstić information content (AvgIpc) is 2.99. The van der Waals surface area contributed by atoms with Crippen molar-refractivity contribution in [1.29, 1.82) is 0 Å². The number of rotatable bonds is 7. The summed E-state index contributed by atoms with van der Waals surface area (Å²) in [5.74, 6) is 1.38. The number of nitrogens with zero attached hydrogens (tertiary/aromatic N) is 3. The van der Waals surface area contributed by atoms with Gasteiger partial charge in [0.15, 0.2) is 15.8 Å². The molecule has 142 valence electrons. The first kappa shape index (κ1) is 20.2. The molecule has 0 saturated carbocycles. The normalized spacial score (nSPS) is 12.1. The summed E-state index contributed by atoms with van der Waals surface area (Å²) in [5, 5.41) is 6.32. The summed E-state index contributed by atoms with van der Waals surface area (Å²) in [6, 6.07) is 6.39. The van der Waals surface area contributed by atoms with E-state index in [1.54, 1.807) is 42.6 Å². The Morgan fingerprint density at radius 1 is 1.35 bits per heavy atom. The lowest BCUT2D eigenvalue weighted by molar-refractivity contribution is 0.319. The molecular weight excluding hydrogens is 372 g/mol. The van der Waals surface area contributed by atoms with Gasteiger partial charge >= 0.3 is 0 Å². The third-order valence-corrected chi connectivity index (χ3v) is 5.50. The van der Waals surface area contributed by atoms with Gasteiger partial charge in [0.2, 0.25) is 0 Å². The summed E-state index contributed by atoms with van der Waals surface area (Å²) in [7, 11) is 0.498. The highest BCUT2D eigenvalue weighted by Crippen LogP contribution is 2.15. The van der Waals surface area contributed by atoms with E-state index in [0.717, 1.165) is 16.7 Å². The van der Waals surface area contributed by atoms with Gasteiger partial charge in [-0.05, 0) is 31.2 Å². The number of sulfone groups is 1. The molecule has 0 unspecified atom stereocenters. The summed E-state index contributed by atoms with van der Waals surface area (Å²) >= 11 is 1.63. The van der Waals surface area contributed by atoms with Gasteiger partial charge in [0.25, 0.3) is 0 Å². The minimum Gasteiger partial charge on any atom is -0.492 e. The molecule has 2 rings (SSSR count). The number of nitrogens with one attached hydrogen (secondary N) is 1. The van der Waals surface area contributed by atoms with Gasteiger partial charge in [-0.15, -0.1) is 11.3 Å². The van der Waals surface area contributed by atoms with E-state index >= 15 is 0 Å². The molecule has 0 saturated heterocycles. The number of aromatic nitrogens is 1. The monoisotopic (exact) mass is 396 g/mol. The highest BCUT2D eigenvalue weighted by atomic mass is 32.2. The fourth-order valence-corrected chi connectivity index (χ4v) is 3.53. The van der Waals surface area contributed by atoms with Gasteiger partial charge in [-0.25, -0.2) is 13.4 Å². The van der Waals surface area contributed by atoms with E-state index in [4.69, 9.17) is 4.74 Å². The number of aryl methyl sites for hydroxylation is 1. The number of benzene rings is 1. The van der Waals surface area contributed by atoms with Crippen LogP contribution in [0.5, 0.6) is 5.75 Å². The van der Waals surface area contributed by atoms with Crippen LogP contribution in [0.3, 0.4) is 0 Å². The third-order valence-electron chi connectivity index (χ3n) is 3.54. The molecule has 0 aliphatic heterocycles. The van der Waals surface area contributed by atoms with E-state index in [9.17, 15) is 8.42 Å². The number of ether oxygens (including phenoxy) is 1. The van der Waals surface area contributed by atoms with Gasteiger partial charge in [0.1, 0.15) is 12.4 Å². The van der Waals surface area contributed by atoms with Crippen molar-refractivity contribution >= 4 is 27.1 Å². The van der Waals surface area contributed by atoms with Crippen LogP contribution in [0.1, 0.15) is 10.7 Å². The fourth-order valence-electron chi connectivity index (χ4n) is 2.30. The Bertz CT molecular complexity index is 845. The van der Waals surface area contributed by atoms with Crippen molar-refractivity contribution in [3.05, 3.63) is 40.3 Å². The van der Waals surface area contributed by atoms with Crippen LogP contribution in [0.4, 0.5) is 0 Å². The van der Waals surface area contributed by atoms with Gasteiger partial charge < -0.3 is 15.0 Å². The summed E-state index contributed by atoms with van der Waals surface area (Å²) in [5.41, 5.74) is 1.01. The number of thiazole rings is 1. The average molecular weight is 397 g/mol. The highest BCUT2D eigenvalue weighted by Gasteiger charge is 2.09. The van der Waals surface area contributed by atoms with Crippen molar-refractivity contribution in [3.8, 4) is 5.75 Å². The van der Waals surface area contributed by atoms with Gasteiger partial charge in [-0.2, -0.15) is 0 Å². The molecular formula is C17H24N4O3S2. The van der Waals surface area contributed by atoms with Crippen LogP contribution in [-0.4, -0.2) is 57.8 Å². The molecule has 0 atom stereocenters. The molecule has 0 radical (unpaired) electrons. The molecule has 2 aromatic rings. The Hall–Kier alpha value is -2.13. The van der Waals surface area contributed by atoms with E-state index in [1.165, 1.54) is 6.26 Å². The number of hydrogen-bond donors (Lipinski definition) is 1. The molecule has 1 N–H and O–H groups in total. The van der Waals surface area contributed by atoms with Gasteiger partial charge in [-0.1, -0.05) is 0 Å². The molecule has 7 nitrogen and oxygen atoms in total. The maximum atomic E-state index is 11.4. The van der Waals surface area contributed by atoms with E-state index < -0.39 is 9.84 Å². The van der Waals surface area contributed by atoms with Crippen LogP contribution in [0, 0.1) is 6.92 Å². The first-order chi connectivity index (χ1) is 12.3. The van der Waals surface area contributed by atoms with Crippen molar-refractivity contribution in [1.82, 2.24) is 15.2 Å². The second-order valence-electron chi connectivity index (χ2n) is 5.78. The van der Waals surface area contributed by atoms with Crippen molar-refractivity contribution in [2.75, 3.05) is 33.5 Å². The lowest BCUT2D eigenvalue weighted by atomic mass is 10.3. The van der Waals surface area contributed by atoms with Gasteiger partial charge in [0.05, 0.1) is 28.7 Å². The van der Waals surface area contributed by atoms with Gasteiger partial charge in [-0.3, -0.25) is 4.99 Å². The molecule has 0 bridgehead atoms. The SMILES string of the molecule is CN=C(NCCOc1ccc(S(C)(=O)=O)cc1)N(C)Cc1csc(C)n1. The molecule has 1 aromatic heterocycles. The van der Waals surface area contributed by atoms with Gasteiger partial charge in [0, 0.05) is 25.7 Å². The molecule has 0 aliphatic carbocycles. The molecule has 1 aromatic carbocycles. The molecule has 0 spiro atoms. The fraction of sp³-hybridized carbons (Fsp3) is 0.412. The quantitative estimate of drug-likeness (QED) is 0.437. The van der Waals surface area contributed by atoms with Crippen molar-refractivity contribution in [2.45, 2.75) is 18.4 Å². The van der Waals surface area contributed by atoms with Crippen LogP contribution < -0.4 is 10.1 Å². The third kappa shape index (κ3) is 5.99. The van der Waals surface area contributed by atoms with Crippen LogP contribution >= 0.6 is 11.3 Å². The van der Waals surface area contributed by atoms with Crippen molar-refractivity contribution in [2.24, 2.45) is 4.99 Å². The Morgan fingerprint density at radius 3 is 2.58 bits per heavy atom. The second kappa shape index (κ2) is 9.00. The smallest absolute Gasteiger partial charge is 0.193 e. The molecule has 1 heterocycles. The van der Waals surface area contributed by atoms with Crippen LogP contribution in [-0.2, 0) is 16.4 Å². The van der Waals surface area contributed by atoms with Crippen LogP contribution in [0.2, 0.25) is 0 Å². The predicted octanol–water partition coefficient (Wildman–Crippen LogP) is 1.94.